The van der Waals surface area contributed by atoms with Crippen LogP contribution in [-0.4, -0.2) is 26.9 Å². The maximum Gasteiger partial charge on any atom is 0.264 e. The fourth-order valence-electron chi connectivity index (χ4n) is 3.39. The Bertz CT molecular complexity index is 938. The van der Waals surface area contributed by atoms with Gasteiger partial charge in [-0.3, -0.25) is 9.10 Å². The van der Waals surface area contributed by atoms with E-state index in [4.69, 9.17) is 0 Å². The monoisotopic (exact) mass is 386 g/mol. The van der Waals surface area contributed by atoms with Gasteiger partial charge in [-0.05, 0) is 55.5 Å². The van der Waals surface area contributed by atoms with Gasteiger partial charge in [0.15, 0.2) is 0 Å². The number of sulfonamides is 1. The molecule has 5 nitrogen and oxygen atoms in total. The summed E-state index contributed by atoms with van der Waals surface area (Å²) in [5.74, 6) is 0.247. The Hall–Kier alpha value is -2.34. The molecule has 0 aromatic heterocycles. The molecule has 1 atom stereocenters. The topological polar surface area (TPSA) is 66.5 Å². The SMILES string of the molecule is CC(C)CCNC(=O)c1cccc(S(=O)(=O)N2c3ccccc3CC2C)c1. The molecule has 0 fully saturated rings. The molecule has 1 aliphatic heterocycles. The Balaban J connectivity index is 1.87. The van der Waals surface area contributed by atoms with Crippen LogP contribution >= 0.6 is 0 Å². The zero-order valence-corrected chi connectivity index (χ0v) is 16.8. The molecule has 0 saturated carbocycles. The van der Waals surface area contributed by atoms with E-state index in [-0.39, 0.29) is 16.8 Å². The first-order valence-electron chi connectivity index (χ1n) is 9.31. The summed E-state index contributed by atoms with van der Waals surface area (Å²) in [5, 5.41) is 2.86. The number of carbonyl (C=O) groups is 1. The second-order valence-corrected chi connectivity index (χ2v) is 9.26. The van der Waals surface area contributed by atoms with Gasteiger partial charge in [0, 0.05) is 18.2 Å². The fourth-order valence-corrected chi connectivity index (χ4v) is 5.13. The normalized spacial score (nSPS) is 16.4. The van der Waals surface area contributed by atoms with Crippen LogP contribution in [0.2, 0.25) is 0 Å². The van der Waals surface area contributed by atoms with Gasteiger partial charge in [0.25, 0.3) is 15.9 Å². The summed E-state index contributed by atoms with van der Waals surface area (Å²) in [6, 6.07) is 13.7. The molecule has 144 valence electrons. The molecule has 0 saturated heterocycles. The van der Waals surface area contributed by atoms with Crippen molar-refractivity contribution < 1.29 is 13.2 Å². The van der Waals surface area contributed by atoms with Crippen molar-refractivity contribution in [3.8, 4) is 0 Å². The molecule has 0 aliphatic carbocycles. The first-order valence-corrected chi connectivity index (χ1v) is 10.8. The Morgan fingerprint density at radius 3 is 2.67 bits per heavy atom. The minimum atomic E-state index is -3.74. The number of amides is 1. The summed E-state index contributed by atoms with van der Waals surface area (Å²) in [7, 11) is -3.74. The Morgan fingerprint density at radius 1 is 1.19 bits per heavy atom. The van der Waals surface area contributed by atoms with Gasteiger partial charge in [0.2, 0.25) is 0 Å². The van der Waals surface area contributed by atoms with Crippen LogP contribution in [0, 0.1) is 5.92 Å². The summed E-state index contributed by atoms with van der Waals surface area (Å²) < 4.78 is 28.0. The van der Waals surface area contributed by atoms with Crippen molar-refractivity contribution in [2.45, 2.75) is 44.6 Å². The fraction of sp³-hybridized carbons (Fsp3) is 0.381. The molecule has 2 aromatic carbocycles. The molecule has 0 spiro atoms. The van der Waals surface area contributed by atoms with Gasteiger partial charge in [-0.25, -0.2) is 8.42 Å². The number of benzene rings is 2. The van der Waals surface area contributed by atoms with E-state index < -0.39 is 10.0 Å². The molecule has 6 heteroatoms. The second kappa shape index (κ2) is 7.72. The van der Waals surface area contributed by atoms with Crippen molar-refractivity contribution in [2.24, 2.45) is 5.92 Å². The summed E-state index contributed by atoms with van der Waals surface area (Å²) in [4.78, 5) is 12.5. The number of anilines is 1. The average Bonchev–Trinajstić information content (AvgIpc) is 2.97. The highest BCUT2D eigenvalue weighted by atomic mass is 32.2. The number of rotatable bonds is 6. The van der Waals surface area contributed by atoms with Crippen LogP contribution in [0.4, 0.5) is 5.69 Å². The van der Waals surface area contributed by atoms with Gasteiger partial charge in [0.05, 0.1) is 10.6 Å². The molecule has 1 unspecified atom stereocenters. The van der Waals surface area contributed by atoms with Crippen LogP contribution in [0.25, 0.3) is 0 Å². The molecule has 1 amide bonds. The minimum absolute atomic E-state index is 0.141. The lowest BCUT2D eigenvalue weighted by Gasteiger charge is -2.24. The lowest BCUT2D eigenvalue weighted by molar-refractivity contribution is 0.0952. The lowest BCUT2D eigenvalue weighted by Crippen LogP contribution is -2.36. The van der Waals surface area contributed by atoms with Crippen molar-refractivity contribution in [3.05, 3.63) is 59.7 Å². The van der Waals surface area contributed by atoms with Crippen LogP contribution in [-0.2, 0) is 16.4 Å². The smallest absolute Gasteiger partial charge is 0.264 e. The van der Waals surface area contributed by atoms with Crippen LogP contribution in [0.5, 0.6) is 0 Å². The highest BCUT2D eigenvalue weighted by molar-refractivity contribution is 7.92. The van der Waals surface area contributed by atoms with E-state index in [1.807, 2.05) is 31.2 Å². The third-order valence-electron chi connectivity index (χ3n) is 4.80. The van der Waals surface area contributed by atoms with E-state index in [1.54, 1.807) is 18.2 Å². The first kappa shape index (κ1) is 19.4. The standard InChI is InChI=1S/C21H26N2O3S/c1-15(2)11-12-22-21(24)18-8-6-9-19(14-18)27(25,26)23-16(3)13-17-7-4-5-10-20(17)23/h4-10,14-16H,11-13H2,1-3H3,(H,22,24). The number of para-hydroxylation sites is 1. The van der Waals surface area contributed by atoms with E-state index in [9.17, 15) is 13.2 Å². The van der Waals surface area contributed by atoms with Gasteiger partial charge in [-0.15, -0.1) is 0 Å². The van der Waals surface area contributed by atoms with Crippen molar-refractivity contribution in [1.82, 2.24) is 5.32 Å². The number of hydrogen-bond donors (Lipinski definition) is 1. The quantitative estimate of drug-likeness (QED) is 0.825. The van der Waals surface area contributed by atoms with Crippen LogP contribution < -0.4 is 9.62 Å². The molecular formula is C21H26N2O3S. The summed E-state index contributed by atoms with van der Waals surface area (Å²) in [6.07, 6.45) is 1.57. The van der Waals surface area contributed by atoms with E-state index >= 15 is 0 Å². The van der Waals surface area contributed by atoms with Crippen LogP contribution in [0.15, 0.2) is 53.4 Å². The van der Waals surface area contributed by atoms with Gasteiger partial charge in [-0.1, -0.05) is 38.1 Å². The van der Waals surface area contributed by atoms with Gasteiger partial charge >= 0.3 is 0 Å². The molecule has 0 bridgehead atoms. The van der Waals surface area contributed by atoms with Crippen molar-refractivity contribution in [1.29, 1.82) is 0 Å². The highest BCUT2D eigenvalue weighted by Gasteiger charge is 2.36. The third kappa shape index (κ3) is 4.00. The molecule has 2 aromatic rings. The summed E-state index contributed by atoms with van der Waals surface area (Å²) >= 11 is 0. The maximum absolute atomic E-state index is 13.3. The number of hydrogen-bond acceptors (Lipinski definition) is 3. The zero-order chi connectivity index (χ0) is 19.6. The third-order valence-corrected chi connectivity index (χ3v) is 6.73. The lowest BCUT2D eigenvalue weighted by atomic mass is 10.1. The summed E-state index contributed by atoms with van der Waals surface area (Å²) in [5.41, 5.74) is 2.10. The zero-order valence-electron chi connectivity index (χ0n) is 16.0. The molecule has 27 heavy (non-hydrogen) atoms. The van der Waals surface area contributed by atoms with E-state index in [2.05, 4.69) is 19.2 Å². The Morgan fingerprint density at radius 2 is 1.93 bits per heavy atom. The average molecular weight is 387 g/mol. The van der Waals surface area contributed by atoms with Crippen molar-refractivity contribution in [2.75, 3.05) is 10.8 Å². The van der Waals surface area contributed by atoms with Crippen LogP contribution in [0.3, 0.4) is 0 Å². The van der Waals surface area contributed by atoms with Gasteiger partial charge in [0.1, 0.15) is 0 Å². The molecule has 1 N–H and O–H groups in total. The van der Waals surface area contributed by atoms with Gasteiger partial charge < -0.3 is 5.32 Å². The number of carbonyl (C=O) groups excluding carboxylic acids is 1. The predicted octanol–water partition coefficient (Wildman–Crippen LogP) is 3.60. The highest BCUT2D eigenvalue weighted by Crippen LogP contribution is 2.36. The molecule has 0 radical (unpaired) electrons. The number of nitrogens with one attached hydrogen (secondary N) is 1. The van der Waals surface area contributed by atoms with E-state index in [1.165, 1.54) is 10.4 Å². The molecule has 3 rings (SSSR count). The maximum atomic E-state index is 13.3. The largest absolute Gasteiger partial charge is 0.352 e. The second-order valence-electron chi connectivity index (χ2n) is 7.45. The Kier molecular flexibility index (Phi) is 5.56. The van der Waals surface area contributed by atoms with Crippen LogP contribution in [0.1, 0.15) is 43.1 Å². The van der Waals surface area contributed by atoms with E-state index in [0.29, 0.717) is 24.4 Å². The molecular weight excluding hydrogens is 360 g/mol. The molecule has 1 aliphatic rings. The van der Waals surface area contributed by atoms with Crippen molar-refractivity contribution >= 4 is 21.6 Å². The number of nitrogens with zero attached hydrogens (tertiary/aromatic N) is 1. The first-order chi connectivity index (χ1) is 12.8. The summed E-state index contributed by atoms with van der Waals surface area (Å²) in [6.45, 7) is 6.66. The number of fused-ring (bicyclic) bond motifs is 1. The Labute approximate surface area is 161 Å². The predicted molar refractivity (Wildman–Crippen MR) is 108 cm³/mol. The minimum Gasteiger partial charge on any atom is -0.352 e. The van der Waals surface area contributed by atoms with Crippen molar-refractivity contribution in [3.63, 3.8) is 0 Å². The van der Waals surface area contributed by atoms with Gasteiger partial charge in [-0.2, -0.15) is 0 Å². The van der Waals surface area contributed by atoms with E-state index in [0.717, 1.165) is 17.7 Å². The molecule has 1 heterocycles.